The zero-order chi connectivity index (χ0) is 16.5. The molecule has 1 aromatic rings. The number of benzene rings is 1. The molecule has 0 fully saturated rings. The van der Waals surface area contributed by atoms with Gasteiger partial charge in [0.05, 0.1) is 5.56 Å². The molecule has 1 aromatic carbocycles. The summed E-state index contributed by atoms with van der Waals surface area (Å²) in [6.07, 6.45) is 1.04. The molecule has 0 bridgehead atoms. The number of hydrogen-bond donors (Lipinski definition) is 2. The summed E-state index contributed by atoms with van der Waals surface area (Å²) in [5, 5.41) is 11.5. The van der Waals surface area contributed by atoms with E-state index in [4.69, 9.17) is 5.11 Å². The van der Waals surface area contributed by atoms with Crippen LogP contribution in [0.4, 0.5) is 5.69 Å². The van der Waals surface area contributed by atoms with Gasteiger partial charge in [-0.3, -0.25) is 9.59 Å². The van der Waals surface area contributed by atoms with Gasteiger partial charge in [0.2, 0.25) is 11.8 Å². The second-order valence-corrected chi connectivity index (χ2v) is 4.85. The van der Waals surface area contributed by atoms with Gasteiger partial charge in [0.15, 0.2) is 0 Å². The Hall–Kier alpha value is -2.37. The van der Waals surface area contributed by atoms with E-state index < -0.39 is 5.97 Å². The van der Waals surface area contributed by atoms with Gasteiger partial charge in [-0.2, -0.15) is 0 Å². The third-order valence-corrected chi connectivity index (χ3v) is 3.30. The number of carboxylic acid groups (broad SMARTS) is 1. The predicted molar refractivity (Wildman–Crippen MR) is 83.8 cm³/mol. The number of aromatic carboxylic acids is 1. The van der Waals surface area contributed by atoms with Gasteiger partial charge in [-0.05, 0) is 38.5 Å². The highest BCUT2D eigenvalue weighted by Gasteiger charge is 2.11. The van der Waals surface area contributed by atoms with Crippen LogP contribution >= 0.6 is 0 Å². The second-order valence-electron chi connectivity index (χ2n) is 4.85. The first-order valence-corrected chi connectivity index (χ1v) is 7.38. The number of carboxylic acids is 1. The molecule has 0 aromatic heterocycles. The van der Waals surface area contributed by atoms with Crippen molar-refractivity contribution in [1.29, 1.82) is 0 Å². The van der Waals surface area contributed by atoms with Crippen molar-refractivity contribution in [2.45, 2.75) is 33.1 Å². The molecular weight excluding hydrogens is 284 g/mol. The van der Waals surface area contributed by atoms with E-state index in [9.17, 15) is 14.4 Å². The van der Waals surface area contributed by atoms with E-state index in [1.807, 2.05) is 13.8 Å². The second kappa shape index (κ2) is 8.81. The van der Waals surface area contributed by atoms with E-state index in [1.165, 1.54) is 12.1 Å². The Balaban J connectivity index is 2.42. The Labute approximate surface area is 130 Å². The molecule has 0 aliphatic rings. The molecule has 2 amide bonds. The van der Waals surface area contributed by atoms with Crippen LogP contribution in [0.2, 0.25) is 0 Å². The average Bonchev–Trinajstić information content (AvgIpc) is 2.48. The highest BCUT2D eigenvalue weighted by Crippen LogP contribution is 2.11. The van der Waals surface area contributed by atoms with Crippen LogP contribution in [-0.2, 0) is 9.59 Å². The molecule has 0 unspecified atom stereocenters. The molecule has 22 heavy (non-hydrogen) atoms. The first-order chi connectivity index (χ1) is 10.5. The van der Waals surface area contributed by atoms with Crippen LogP contribution in [0.15, 0.2) is 24.3 Å². The molecule has 0 aliphatic carbocycles. The standard InChI is InChI=1S/C16H22N2O4/c1-3-18(4-2)15(20)10-6-9-14(19)17-13-8-5-7-12(11-13)16(21)22/h5,7-8,11H,3-4,6,9-10H2,1-2H3,(H,17,19)(H,21,22). The van der Waals surface area contributed by atoms with Gasteiger partial charge in [-0.15, -0.1) is 0 Å². The van der Waals surface area contributed by atoms with Crippen LogP contribution < -0.4 is 5.32 Å². The smallest absolute Gasteiger partial charge is 0.335 e. The Morgan fingerprint density at radius 1 is 1.14 bits per heavy atom. The monoisotopic (exact) mass is 306 g/mol. The number of nitrogens with one attached hydrogen (secondary N) is 1. The van der Waals surface area contributed by atoms with Crippen molar-refractivity contribution in [2.24, 2.45) is 0 Å². The van der Waals surface area contributed by atoms with Gasteiger partial charge in [-0.25, -0.2) is 4.79 Å². The minimum atomic E-state index is -1.04. The lowest BCUT2D eigenvalue weighted by atomic mass is 10.2. The van der Waals surface area contributed by atoms with Gasteiger partial charge in [0.1, 0.15) is 0 Å². The SMILES string of the molecule is CCN(CC)C(=O)CCCC(=O)Nc1cccc(C(=O)O)c1. The van der Waals surface area contributed by atoms with Crippen LogP contribution in [0.5, 0.6) is 0 Å². The maximum atomic E-state index is 11.8. The van der Waals surface area contributed by atoms with E-state index in [0.29, 0.717) is 31.6 Å². The summed E-state index contributed by atoms with van der Waals surface area (Å²) in [5.41, 5.74) is 0.564. The van der Waals surface area contributed by atoms with Crippen molar-refractivity contribution in [3.8, 4) is 0 Å². The molecule has 1 rings (SSSR count). The number of carbonyl (C=O) groups is 3. The number of anilines is 1. The molecule has 0 atom stereocenters. The topological polar surface area (TPSA) is 86.7 Å². The number of rotatable bonds is 8. The molecule has 6 nitrogen and oxygen atoms in total. The molecule has 0 radical (unpaired) electrons. The summed E-state index contributed by atoms with van der Waals surface area (Å²) in [5.74, 6) is -1.22. The number of hydrogen-bond acceptors (Lipinski definition) is 3. The van der Waals surface area contributed by atoms with E-state index in [0.717, 1.165) is 0 Å². The van der Waals surface area contributed by atoms with E-state index >= 15 is 0 Å². The van der Waals surface area contributed by atoms with Crippen molar-refractivity contribution in [1.82, 2.24) is 4.90 Å². The normalized spacial score (nSPS) is 10.1. The van der Waals surface area contributed by atoms with E-state index in [1.54, 1.807) is 17.0 Å². The van der Waals surface area contributed by atoms with Crippen LogP contribution in [0, 0.1) is 0 Å². The lowest BCUT2D eigenvalue weighted by Gasteiger charge is -2.18. The fourth-order valence-electron chi connectivity index (χ4n) is 2.09. The summed E-state index contributed by atoms with van der Waals surface area (Å²) in [6, 6.07) is 6.07. The zero-order valence-electron chi connectivity index (χ0n) is 13.0. The van der Waals surface area contributed by atoms with Gasteiger partial charge in [0, 0.05) is 31.6 Å². The van der Waals surface area contributed by atoms with Crippen molar-refractivity contribution in [3.05, 3.63) is 29.8 Å². The van der Waals surface area contributed by atoms with Gasteiger partial charge in [0.25, 0.3) is 0 Å². The maximum Gasteiger partial charge on any atom is 0.335 e. The first-order valence-electron chi connectivity index (χ1n) is 7.38. The van der Waals surface area contributed by atoms with Gasteiger partial charge >= 0.3 is 5.97 Å². The van der Waals surface area contributed by atoms with Crippen LogP contribution in [0.1, 0.15) is 43.5 Å². The van der Waals surface area contributed by atoms with Crippen LogP contribution in [0.3, 0.4) is 0 Å². The Morgan fingerprint density at radius 3 is 2.41 bits per heavy atom. The van der Waals surface area contributed by atoms with Gasteiger partial charge in [-0.1, -0.05) is 6.07 Å². The third-order valence-electron chi connectivity index (χ3n) is 3.30. The largest absolute Gasteiger partial charge is 0.478 e. The molecular formula is C16H22N2O4. The van der Waals surface area contributed by atoms with Gasteiger partial charge < -0.3 is 15.3 Å². The summed E-state index contributed by atoms with van der Waals surface area (Å²) >= 11 is 0. The Bertz CT molecular complexity index is 539. The first kappa shape index (κ1) is 17.7. The summed E-state index contributed by atoms with van der Waals surface area (Å²) in [4.78, 5) is 36.2. The van der Waals surface area contributed by atoms with Crippen molar-refractivity contribution in [2.75, 3.05) is 18.4 Å². The highest BCUT2D eigenvalue weighted by atomic mass is 16.4. The van der Waals surface area contributed by atoms with Crippen LogP contribution in [0.25, 0.3) is 0 Å². The molecule has 6 heteroatoms. The molecule has 120 valence electrons. The Morgan fingerprint density at radius 2 is 1.82 bits per heavy atom. The predicted octanol–water partition coefficient (Wildman–Crippen LogP) is 2.36. The molecule has 0 spiro atoms. The number of carbonyl (C=O) groups excluding carboxylic acids is 2. The van der Waals surface area contributed by atoms with E-state index in [-0.39, 0.29) is 23.8 Å². The summed E-state index contributed by atoms with van der Waals surface area (Å²) in [6.45, 7) is 5.18. The minimum Gasteiger partial charge on any atom is -0.478 e. The van der Waals surface area contributed by atoms with E-state index in [2.05, 4.69) is 5.32 Å². The summed E-state index contributed by atoms with van der Waals surface area (Å²) in [7, 11) is 0. The molecule has 2 N–H and O–H groups in total. The zero-order valence-corrected chi connectivity index (χ0v) is 13.0. The van der Waals surface area contributed by atoms with Crippen molar-refractivity contribution >= 4 is 23.5 Å². The molecule has 0 saturated carbocycles. The number of amides is 2. The van der Waals surface area contributed by atoms with Crippen molar-refractivity contribution < 1.29 is 19.5 Å². The Kier molecular flexibility index (Phi) is 7.08. The fourth-order valence-corrected chi connectivity index (χ4v) is 2.09. The average molecular weight is 306 g/mol. The quantitative estimate of drug-likeness (QED) is 0.772. The molecule has 0 aliphatic heterocycles. The maximum absolute atomic E-state index is 11.8. The number of nitrogens with zero attached hydrogens (tertiary/aromatic N) is 1. The molecule has 0 heterocycles. The van der Waals surface area contributed by atoms with Crippen LogP contribution in [-0.4, -0.2) is 40.9 Å². The molecule has 0 saturated heterocycles. The third kappa shape index (κ3) is 5.55. The minimum absolute atomic E-state index is 0.0469. The summed E-state index contributed by atoms with van der Waals surface area (Å²) < 4.78 is 0. The lowest BCUT2D eigenvalue weighted by molar-refractivity contribution is -0.131. The lowest BCUT2D eigenvalue weighted by Crippen LogP contribution is -2.30. The fraction of sp³-hybridized carbons (Fsp3) is 0.438. The van der Waals surface area contributed by atoms with Crippen molar-refractivity contribution in [3.63, 3.8) is 0 Å². The highest BCUT2D eigenvalue weighted by molar-refractivity contribution is 5.94.